The van der Waals surface area contributed by atoms with Gasteiger partial charge in [0.2, 0.25) is 5.91 Å². The number of methoxy groups -OCH3 is 1. The predicted molar refractivity (Wildman–Crippen MR) is 93.1 cm³/mol. The fourth-order valence-corrected chi connectivity index (χ4v) is 2.28. The van der Waals surface area contributed by atoms with Crippen molar-refractivity contribution in [3.8, 4) is 5.75 Å². The largest absolute Gasteiger partial charge is 0.496 e. The number of aryl methyl sites for hydroxylation is 2. The lowest BCUT2D eigenvalue weighted by Crippen LogP contribution is -2.41. The van der Waals surface area contributed by atoms with Crippen molar-refractivity contribution < 1.29 is 14.3 Å². The van der Waals surface area contributed by atoms with Crippen LogP contribution in [0.15, 0.2) is 42.5 Å². The first-order chi connectivity index (χ1) is 11.5. The summed E-state index contributed by atoms with van der Waals surface area (Å²) in [5.74, 6) is -0.391. The Balaban J connectivity index is 1.85. The van der Waals surface area contributed by atoms with Crippen molar-refractivity contribution in [1.29, 1.82) is 0 Å². The van der Waals surface area contributed by atoms with Gasteiger partial charge in [0.1, 0.15) is 5.75 Å². The topological polar surface area (TPSA) is 67.4 Å². The number of hydrogen-bond donors (Lipinski definition) is 2. The monoisotopic (exact) mass is 346 g/mol. The molecule has 2 amide bonds. The second-order valence-electron chi connectivity index (χ2n) is 5.33. The van der Waals surface area contributed by atoms with Crippen LogP contribution in [0.4, 0.5) is 0 Å². The molecule has 0 radical (unpaired) electrons. The second-order valence-corrected chi connectivity index (χ2v) is 5.77. The number of hydrazine groups is 1. The number of amides is 2. The van der Waals surface area contributed by atoms with Crippen LogP contribution in [0.25, 0.3) is 0 Å². The van der Waals surface area contributed by atoms with Crippen LogP contribution in [0.1, 0.15) is 27.9 Å². The fraction of sp³-hybridized carbons (Fsp3) is 0.222. The summed E-state index contributed by atoms with van der Waals surface area (Å²) in [6.45, 7) is 2.01. The number of nitrogens with one attached hydrogen (secondary N) is 2. The highest BCUT2D eigenvalue weighted by molar-refractivity contribution is 6.30. The zero-order valence-corrected chi connectivity index (χ0v) is 14.3. The molecule has 0 aliphatic carbocycles. The Morgan fingerprint density at radius 2 is 1.79 bits per heavy atom. The number of benzene rings is 2. The van der Waals surface area contributed by atoms with E-state index < -0.39 is 5.91 Å². The van der Waals surface area contributed by atoms with Crippen molar-refractivity contribution in [2.45, 2.75) is 19.8 Å². The standard InChI is InChI=1S/C18H19ClN2O3/c1-12-3-5-13(6-4-12)7-10-17(22)20-21-18(23)15-9-8-14(19)11-16(15)24-2/h3-6,8-9,11H,7,10H2,1-2H3,(H,20,22)(H,21,23). The number of carbonyl (C=O) groups is 2. The molecule has 0 heterocycles. The van der Waals surface area contributed by atoms with E-state index in [-0.39, 0.29) is 12.3 Å². The van der Waals surface area contributed by atoms with E-state index in [0.29, 0.717) is 22.8 Å². The molecule has 0 aromatic heterocycles. The van der Waals surface area contributed by atoms with Crippen molar-refractivity contribution in [3.63, 3.8) is 0 Å². The molecular weight excluding hydrogens is 328 g/mol. The van der Waals surface area contributed by atoms with Crippen LogP contribution in [0.5, 0.6) is 5.75 Å². The van der Waals surface area contributed by atoms with Gasteiger partial charge in [-0.2, -0.15) is 0 Å². The average molecular weight is 347 g/mol. The predicted octanol–water partition coefficient (Wildman–Crippen LogP) is 3.05. The number of hydrogen-bond acceptors (Lipinski definition) is 3. The Morgan fingerprint density at radius 1 is 1.08 bits per heavy atom. The minimum absolute atomic E-state index is 0.267. The van der Waals surface area contributed by atoms with E-state index in [2.05, 4.69) is 10.9 Å². The molecule has 0 aliphatic heterocycles. The minimum atomic E-state index is -0.466. The molecule has 6 heteroatoms. The van der Waals surface area contributed by atoms with Gasteiger partial charge in [-0.1, -0.05) is 41.4 Å². The summed E-state index contributed by atoms with van der Waals surface area (Å²) in [6, 6.07) is 12.6. The number of rotatable bonds is 5. The molecule has 0 aliphatic rings. The highest BCUT2D eigenvalue weighted by Crippen LogP contribution is 2.22. The lowest BCUT2D eigenvalue weighted by molar-refractivity contribution is -0.121. The molecule has 2 aromatic carbocycles. The smallest absolute Gasteiger partial charge is 0.273 e. The summed E-state index contributed by atoms with van der Waals surface area (Å²) in [4.78, 5) is 24.0. The van der Waals surface area contributed by atoms with Gasteiger partial charge in [0, 0.05) is 11.4 Å². The molecule has 2 N–H and O–H groups in total. The quantitative estimate of drug-likeness (QED) is 0.818. The fourth-order valence-electron chi connectivity index (χ4n) is 2.12. The van der Waals surface area contributed by atoms with E-state index in [1.807, 2.05) is 31.2 Å². The third-order valence-corrected chi connectivity index (χ3v) is 3.72. The second kappa shape index (κ2) is 8.36. The van der Waals surface area contributed by atoms with E-state index in [1.54, 1.807) is 6.07 Å². The molecule has 2 aromatic rings. The van der Waals surface area contributed by atoms with Crippen molar-refractivity contribution in [2.24, 2.45) is 0 Å². The Kier molecular flexibility index (Phi) is 6.21. The zero-order valence-electron chi connectivity index (χ0n) is 13.6. The first kappa shape index (κ1) is 17.8. The summed E-state index contributed by atoms with van der Waals surface area (Å²) in [7, 11) is 1.45. The van der Waals surface area contributed by atoms with Gasteiger partial charge in [-0.3, -0.25) is 20.4 Å². The zero-order chi connectivity index (χ0) is 17.5. The molecule has 5 nitrogen and oxygen atoms in total. The van der Waals surface area contributed by atoms with Crippen LogP contribution in [0, 0.1) is 6.92 Å². The van der Waals surface area contributed by atoms with Crippen LogP contribution in [-0.2, 0) is 11.2 Å². The molecule has 0 fully saturated rings. The third kappa shape index (κ3) is 4.99. The van der Waals surface area contributed by atoms with Gasteiger partial charge in [-0.05, 0) is 37.1 Å². The third-order valence-electron chi connectivity index (χ3n) is 3.48. The molecule has 126 valence electrons. The van der Waals surface area contributed by atoms with E-state index in [4.69, 9.17) is 16.3 Å². The highest BCUT2D eigenvalue weighted by Gasteiger charge is 2.13. The summed E-state index contributed by atoms with van der Waals surface area (Å²) in [5, 5.41) is 0.463. The Bertz CT molecular complexity index is 730. The molecule has 0 bridgehead atoms. The van der Waals surface area contributed by atoms with Crippen LogP contribution in [0.3, 0.4) is 0 Å². The highest BCUT2D eigenvalue weighted by atomic mass is 35.5. The van der Waals surface area contributed by atoms with Gasteiger partial charge in [-0.15, -0.1) is 0 Å². The molecule has 0 atom stereocenters. The van der Waals surface area contributed by atoms with Crippen LogP contribution in [-0.4, -0.2) is 18.9 Å². The van der Waals surface area contributed by atoms with Crippen LogP contribution in [0.2, 0.25) is 5.02 Å². The summed E-state index contributed by atoms with van der Waals surface area (Å²) in [6.07, 6.45) is 0.882. The summed E-state index contributed by atoms with van der Waals surface area (Å²) in [5.41, 5.74) is 7.31. The SMILES string of the molecule is COc1cc(Cl)ccc1C(=O)NNC(=O)CCc1ccc(C)cc1. The lowest BCUT2D eigenvalue weighted by Gasteiger charge is -2.10. The van der Waals surface area contributed by atoms with Crippen molar-refractivity contribution in [1.82, 2.24) is 10.9 Å². The van der Waals surface area contributed by atoms with E-state index in [0.717, 1.165) is 5.56 Å². The summed E-state index contributed by atoms with van der Waals surface area (Å²) < 4.78 is 5.11. The van der Waals surface area contributed by atoms with Crippen molar-refractivity contribution >= 4 is 23.4 Å². The van der Waals surface area contributed by atoms with E-state index >= 15 is 0 Å². The first-order valence-electron chi connectivity index (χ1n) is 7.48. The maximum atomic E-state index is 12.1. The number of ether oxygens (including phenoxy) is 1. The maximum absolute atomic E-state index is 12.1. The van der Waals surface area contributed by atoms with Crippen molar-refractivity contribution in [3.05, 3.63) is 64.2 Å². The molecule has 0 saturated heterocycles. The van der Waals surface area contributed by atoms with Gasteiger partial charge < -0.3 is 4.74 Å². The Hall–Kier alpha value is -2.53. The average Bonchev–Trinajstić information content (AvgIpc) is 2.59. The van der Waals surface area contributed by atoms with E-state index in [1.165, 1.54) is 24.8 Å². The first-order valence-corrected chi connectivity index (χ1v) is 7.85. The summed E-state index contributed by atoms with van der Waals surface area (Å²) >= 11 is 5.86. The number of halogens is 1. The molecule has 2 rings (SSSR count). The minimum Gasteiger partial charge on any atom is -0.496 e. The molecular formula is C18H19ClN2O3. The Morgan fingerprint density at radius 3 is 2.46 bits per heavy atom. The van der Waals surface area contributed by atoms with Gasteiger partial charge in [-0.25, -0.2) is 0 Å². The molecule has 0 saturated carbocycles. The molecule has 24 heavy (non-hydrogen) atoms. The van der Waals surface area contributed by atoms with Crippen molar-refractivity contribution in [2.75, 3.05) is 7.11 Å². The van der Waals surface area contributed by atoms with Gasteiger partial charge >= 0.3 is 0 Å². The maximum Gasteiger partial charge on any atom is 0.273 e. The Labute approximate surface area is 145 Å². The van der Waals surface area contributed by atoms with Gasteiger partial charge in [0.15, 0.2) is 0 Å². The normalized spacial score (nSPS) is 10.1. The van der Waals surface area contributed by atoms with Gasteiger partial charge in [0.25, 0.3) is 5.91 Å². The van der Waals surface area contributed by atoms with Crippen LogP contribution < -0.4 is 15.6 Å². The molecule has 0 spiro atoms. The lowest BCUT2D eigenvalue weighted by atomic mass is 10.1. The van der Waals surface area contributed by atoms with Crippen LogP contribution >= 0.6 is 11.6 Å². The van der Waals surface area contributed by atoms with Gasteiger partial charge in [0.05, 0.1) is 12.7 Å². The molecule has 0 unspecified atom stereocenters. The number of carbonyl (C=O) groups excluding carboxylic acids is 2. The van der Waals surface area contributed by atoms with E-state index in [9.17, 15) is 9.59 Å².